The molecule has 0 spiro atoms. The third-order valence-corrected chi connectivity index (χ3v) is 11.7. The van der Waals surface area contributed by atoms with Crippen LogP contribution in [-0.2, 0) is 9.47 Å². The minimum absolute atomic E-state index is 0.298. The summed E-state index contributed by atoms with van der Waals surface area (Å²) in [4.78, 5) is 0. The lowest BCUT2D eigenvalue weighted by Crippen LogP contribution is -2.57. The molecule has 0 aliphatic heterocycles. The molecule has 0 bridgehead atoms. The summed E-state index contributed by atoms with van der Waals surface area (Å²) in [6, 6.07) is 0. The Kier molecular flexibility index (Phi) is 7.97. The summed E-state index contributed by atoms with van der Waals surface area (Å²) in [5.74, 6) is 6.11. The molecule has 0 aromatic heterocycles. The second-order valence-electron chi connectivity index (χ2n) is 13.7. The third kappa shape index (κ3) is 4.71. The first-order valence-electron chi connectivity index (χ1n) is 15.0. The van der Waals surface area contributed by atoms with Gasteiger partial charge < -0.3 is 9.47 Å². The summed E-state index contributed by atoms with van der Waals surface area (Å²) >= 11 is 0. The van der Waals surface area contributed by atoms with Crippen molar-refractivity contribution in [1.82, 2.24) is 0 Å². The van der Waals surface area contributed by atoms with Crippen molar-refractivity contribution < 1.29 is 9.47 Å². The molecule has 4 rings (SSSR count). The topological polar surface area (TPSA) is 18.5 Å². The summed E-state index contributed by atoms with van der Waals surface area (Å²) in [5, 5.41) is 0. The molecule has 0 heterocycles. The van der Waals surface area contributed by atoms with Crippen LogP contribution in [0.25, 0.3) is 0 Å². The molecule has 8 unspecified atom stereocenters. The highest BCUT2D eigenvalue weighted by Gasteiger charge is 2.62. The quantitative estimate of drug-likeness (QED) is 0.320. The van der Waals surface area contributed by atoms with Crippen molar-refractivity contribution in [3.8, 4) is 0 Å². The molecule has 4 fully saturated rings. The zero-order chi connectivity index (χ0) is 23.9. The molecule has 4 aliphatic rings. The SMILES string of the molecule is CCOC1(OCC)CCC2(C)C(CCC3C2CCC2(C)C(C(C)CCCC(C)C)CCC32)C1. The normalized spacial score (nSPS) is 43.1. The van der Waals surface area contributed by atoms with Crippen LogP contribution in [0, 0.1) is 52.3 Å². The molecule has 192 valence electrons. The fourth-order valence-corrected chi connectivity index (χ4v) is 10.1. The van der Waals surface area contributed by atoms with Gasteiger partial charge in [-0.05, 0) is 111 Å². The Morgan fingerprint density at radius 2 is 1.45 bits per heavy atom. The van der Waals surface area contributed by atoms with E-state index in [0.717, 1.165) is 67.5 Å². The molecular formula is C31H56O2. The monoisotopic (exact) mass is 460 g/mol. The van der Waals surface area contributed by atoms with Crippen LogP contribution >= 0.6 is 0 Å². The lowest BCUT2D eigenvalue weighted by Gasteiger charge is -2.62. The summed E-state index contributed by atoms with van der Waals surface area (Å²) in [7, 11) is 0. The van der Waals surface area contributed by atoms with Gasteiger partial charge in [-0.25, -0.2) is 0 Å². The van der Waals surface area contributed by atoms with Gasteiger partial charge in [-0.2, -0.15) is 0 Å². The van der Waals surface area contributed by atoms with E-state index in [2.05, 4.69) is 48.5 Å². The highest BCUT2D eigenvalue weighted by atomic mass is 16.7. The largest absolute Gasteiger partial charge is 0.350 e. The van der Waals surface area contributed by atoms with Crippen LogP contribution in [0.3, 0.4) is 0 Å². The molecule has 2 heteroatoms. The molecule has 4 saturated carbocycles. The van der Waals surface area contributed by atoms with Gasteiger partial charge in [0, 0.05) is 26.1 Å². The predicted octanol–water partition coefficient (Wildman–Crippen LogP) is 8.88. The van der Waals surface area contributed by atoms with Crippen molar-refractivity contribution in [3.05, 3.63) is 0 Å². The molecule has 4 aliphatic carbocycles. The standard InChI is InChI=1S/C31H56O2/c1-8-32-31(33-9-2)20-19-29(6)24(21-31)13-14-25-27-16-15-26(23(5)12-10-11-22(3)4)30(27,7)18-17-28(25)29/h22-28H,8-21H2,1-7H3. The molecule has 0 saturated heterocycles. The molecule has 0 aromatic carbocycles. The van der Waals surface area contributed by atoms with Crippen LogP contribution in [0.5, 0.6) is 0 Å². The third-order valence-electron chi connectivity index (χ3n) is 11.7. The van der Waals surface area contributed by atoms with Gasteiger partial charge in [-0.3, -0.25) is 0 Å². The van der Waals surface area contributed by atoms with Crippen LogP contribution < -0.4 is 0 Å². The van der Waals surface area contributed by atoms with Gasteiger partial charge >= 0.3 is 0 Å². The number of rotatable bonds is 9. The smallest absolute Gasteiger partial charge is 0.168 e. The maximum absolute atomic E-state index is 6.29. The van der Waals surface area contributed by atoms with Gasteiger partial charge in [0.1, 0.15) is 0 Å². The van der Waals surface area contributed by atoms with Gasteiger partial charge in [-0.15, -0.1) is 0 Å². The summed E-state index contributed by atoms with van der Waals surface area (Å²) in [6.45, 7) is 18.6. The van der Waals surface area contributed by atoms with Crippen LogP contribution in [0.15, 0.2) is 0 Å². The Bertz CT molecular complexity index is 637. The van der Waals surface area contributed by atoms with E-state index < -0.39 is 0 Å². The summed E-state index contributed by atoms with van der Waals surface area (Å²) in [5.41, 5.74) is 1.11. The highest BCUT2D eigenvalue weighted by molar-refractivity contribution is 5.10. The minimum atomic E-state index is -0.298. The van der Waals surface area contributed by atoms with E-state index in [0.29, 0.717) is 10.8 Å². The summed E-state index contributed by atoms with van der Waals surface area (Å²) < 4.78 is 12.6. The van der Waals surface area contributed by atoms with E-state index in [-0.39, 0.29) is 5.79 Å². The zero-order valence-corrected chi connectivity index (χ0v) is 23.3. The minimum Gasteiger partial charge on any atom is -0.350 e. The Morgan fingerprint density at radius 1 is 0.758 bits per heavy atom. The maximum Gasteiger partial charge on any atom is 0.168 e. The van der Waals surface area contributed by atoms with E-state index in [1.54, 1.807) is 0 Å². The molecule has 0 amide bonds. The molecule has 0 N–H and O–H groups in total. The van der Waals surface area contributed by atoms with Crippen molar-refractivity contribution >= 4 is 0 Å². The second kappa shape index (κ2) is 10.1. The van der Waals surface area contributed by atoms with Gasteiger partial charge in [0.05, 0.1) is 0 Å². The molecule has 8 atom stereocenters. The Balaban J connectivity index is 1.45. The van der Waals surface area contributed by atoms with E-state index >= 15 is 0 Å². The fourth-order valence-electron chi connectivity index (χ4n) is 10.1. The van der Waals surface area contributed by atoms with Gasteiger partial charge in [-0.1, -0.05) is 53.9 Å². The number of fused-ring (bicyclic) bond motifs is 5. The van der Waals surface area contributed by atoms with Crippen LogP contribution in [0.2, 0.25) is 0 Å². The van der Waals surface area contributed by atoms with Crippen LogP contribution in [-0.4, -0.2) is 19.0 Å². The predicted molar refractivity (Wildman–Crippen MR) is 139 cm³/mol. The van der Waals surface area contributed by atoms with Crippen LogP contribution in [0.4, 0.5) is 0 Å². The lowest BCUT2D eigenvalue weighted by molar-refractivity contribution is -0.280. The van der Waals surface area contributed by atoms with Crippen molar-refractivity contribution in [1.29, 1.82) is 0 Å². The van der Waals surface area contributed by atoms with E-state index in [4.69, 9.17) is 9.47 Å². The van der Waals surface area contributed by atoms with Crippen molar-refractivity contribution in [2.24, 2.45) is 52.3 Å². The number of ether oxygens (including phenoxy) is 2. The lowest BCUT2D eigenvalue weighted by atomic mass is 9.44. The van der Waals surface area contributed by atoms with E-state index in [1.807, 2.05) is 0 Å². The Morgan fingerprint density at radius 3 is 2.12 bits per heavy atom. The van der Waals surface area contributed by atoms with Gasteiger partial charge in [0.25, 0.3) is 0 Å². The average Bonchev–Trinajstić information content (AvgIpc) is 3.12. The summed E-state index contributed by atoms with van der Waals surface area (Å²) in [6.07, 6.45) is 16.7. The van der Waals surface area contributed by atoms with E-state index in [1.165, 1.54) is 64.2 Å². The maximum atomic E-state index is 6.29. The van der Waals surface area contributed by atoms with Crippen molar-refractivity contribution in [2.45, 2.75) is 131 Å². The second-order valence-corrected chi connectivity index (χ2v) is 13.7. The number of hydrogen-bond donors (Lipinski definition) is 0. The number of hydrogen-bond acceptors (Lipinski definition) is 2. The molecular weight excluding hydrogens is 404 g/mol. The molecule has 0 aromatic rings. The average molecular weight is 461 g/mol. The Labute approximate surface area is 206 Å². The first-order valence-corrected chi connectivity index (χ1v) is 15.0. The van der Waals surface area contributed by atoms with Crippen molar-refractivity contribution in [2.75, 3.05) is 13.2 Å². The van der Waals surface area contributed by atoms with Gasteiger partial charge in [0.2, 0.25) is 0 Å². The fraction of sp³-hybridized carbons (Fsp3) is 1.00. The highest BCUT2D eigenvalue weighted by Crippen LogP contribution is 2.69. The van der Waals surface area contributed by atoms with Crippen molar-refractivity contribution in [3.63, 3.8) is 0 Å². The molecule has 0 radical (unpaired) electrons. The van der Waals surface area contributed by atoms with E-state index in [9.17, 15) is 0 Å². The first kappa shape index (κ1) is 26.0. The zero-order valence-electron chi connectivity index (χ0n) is 23.3. The first-order chi connectivity index (χ1) is 15.7. The Hall–Kier alpha value is -0.0800. The molecule has 2 nitrogen and oxygen atoms in total. The van der Waals surface area contributed by atoms with Gasteiger partial charge in [0.15, 0.2) is 5.79 Å². The molecule has 33 heavy (non-hydrogen) atoms. The van der Waals surface area contributed by atoms with Crippen LogP contribution in [0.1, 0.15) is 126 Å².